The summed E-state index contributed by atoms with van der Waals surface area (Å²) >= 11 is 0. The van der Waals surface area contributed by atoms with Crippen molar-refractivity contribution < 1.29 is 27.8 Å². The predicted octanol–water partition coefficient (Wildman–Crippen LogP) is 3.89. The molecule has 12 heteroatoms. The number of aliphatic hydroxyl groups is 1. The number of halogens is 3. The van der Waals surface area contributed by atoms with Crippen molar-refractivity contribution >= 4 is 23.5 Å². The number of ether oxygens (including phenoxy) is 1. The summed E-state index contributed by atoms with van der Waals surface area (Å²) in [5.74, 6) is 0.524. The fraction of sp³-hybridized carbons (Fsp3) is 0.560. The number of rotatable bonds is 7. The second-order valence-corrected chi connectivity index (χ2v) is 9.64. The lowest BCUT2D eigenvalue weighted by molar-refractivity contribution is -0.143. The summed E-state index contributed by atoms with van der Waals surface area (Å²) in [4.78, 5) is 25.6. The minimum atomic E-state index is -4.23. The van der Waals surface area contributed by atoms with Gasteiger partial charge in [0.05, 0.1) is 25.0 Å². The maximum Gasteiger partial charge on any atom is 0.389 e. The van der Waals surface area contributed by atoms with Crippen LogP contribution in [-0.2, 0) is 4.74 Å². The number of hydrogen-bond acceptors (Lipinski definition) is 7. The smallest absolute Gasteiger partial charge is 0.389 e. The third-order valence-corrected chi connectivity index (χ3v) is 6.46. The Morgan fingerprint density at radius 3 is 2.68 bits per heavy atom. The molecule has 2 fully saturated rings. The van der Waals surface area contributed by atoms with Gasteiger partial charge in [0, 0.05) is 56.5 Å². The van der Waals surface area contributed by atoms with Crippen LogP contribution in [0.25, 0.3) is 11.3 Å². The molecule has 9 nitrogen and oxygen atoms in total. The number of aryl methyl sites for hydroxylation is 1. The predicted molar refractivity (Wildman–Crippen MR) is 135 cm³/mol. The number of nitrogens with one attached hydrogen (secondary N) is 2. The molecule has 4 rings (SSSR count). The van der Waals surface area contributed by atoms with Crippen LogP contribution in [0.15, 0.2) is 24.3 Å². The Labute approximate surface area is 214 Å². The van der Waals surface area contributed by atoms with Gasteiger partial charge in [0.2, 0.25) is 5.95 Å². The fourth-order valence-electron chi connectivity index (χ4n) is 4.53. The van der Waals surface area contributed by atoms with E-state index in [1.165, 1.54) is 4.90 Å². The van der Waals surface area contributed by atoms with E-state index in [0.29, 0.717) is 56.6 Å². The Balaban J connectivity index is 1.54. The van der Waals surface area contributed by atoms with Crippen LogP contribution >= 0.6 is 0 Å². The number of carbonyl (C=O) groups is 1. The molecule has 0 bridgehead atoms. The summed E-state index contributed by atoms with van der Waals surface area (Å²) in [6, 6.07) is 6.89. The molecule has 202 valence electrons. The zero-order valence-corrected chi connectivity index (χ0v) is 21.0. The first-order valence-corrected chi connectivity index (χ1v) is 12.4. The Hall–Kier alpha value is -3.12. The van der Waals surface area contributed by atoms with E-state index in [9.17, 15) is 23.1 Å². The van der Waals surface area contributed by atoms with Gasteiger partial charge in [-0.05, 0) is 43.9 Å². The zero-order valence-electron chi connectivity index (χ0n) is 21.0. The van der Waals surface area contributed by atoms with Crippen molar-refractivity contribution in [3.8, 4) is 11.3 Å². The summed E-state index contributed by atoms with van der Waals surface area (Å²) < 4.78 is 43.7. The average Bonchev–Trinajstić information content (AvgIpc) is 3.31. The van der Waals surface area contributed by atoms with Crippen LogP contribution in [0.4, 0.5) is 35.4 Å². The molecular formula is C25H33F3N6O3. The molecule has 3 heterocycles. The number of morpholine rings is 1. The molecule has 37 heavy (non-hydrogen) atoms. The standard InChI is InChI=1S/C25H33F3N6O3/c1-16-3-4-19(30-24(36)34-6-5-18(15-34)13-25(26,27)28)11-20(16)21-12-22(33-7-9-37-10-8-33)32-23(31-21)29-14-17(2)35/h3-4,11-12,17-18,35H,5-10,13-15H2,1-2H3,(H,30,36)(H,29,31,32)/t17-,18+/m1/s1. The molecule has 2 aliphatic rings. The minimum absolute atomic E-state index is 0.0805. The summed E-state index contributed by atoms with van der Waals surface area (Å²) in [6.07, 6.45) is -5.36. The lowest BCUT2D eigenvalue weighted by Crippen LogP contribution is -2.37. The molecule has 1 aromatic carbocycles. The lowest BCUT2D eigenvalue weighted by atomic mass is 10.0. The number of likely N-dealkylation sites (tertiary alicyclic amines) is 1. The number of nitrogens with zero attached hydrogens (tertiary/aromatic N) is 4. The van der Waals surface area contributed by atoms with Gasteiger partial charge in [-0.2, -0.15) is 18.2 Å². The monoisotopic (exact) mass is 522 g/mol. The number of aromatic nitrogens is 2. The summed E-state index contributed by atoms with van der Waals surface area (Å²) in [7, 11) is 0. The highest BCUT2D eigenvalue weighted by molar-refractivity contribution is 5.90. The number of amides is 2. The zero-order chi connectivity index (χ0) is 26.6. The van der Waals surface area contributed by atoms with E-state index in [4.69, 9.17) is 4.74 Å². The van der Waals surface area contributed by atoms with E-state index < -0.39 is 30.7 Å². The van der Waals surface area contributed by atoms with Gasteiger partial charge in [-0.1, -0.05) is 6.07 Å². The van der Waals surface area contributed by atoms with Crippen LogP contribution in [0, 0.1) is 12.8 Å². The highest BCUT2D eigenvalue weighted by atomic mass is 19.4. The maximum atomic E-state index is 12.8. The second-order valence-electron chi connectivity index (χ2n) is 9.64. The van der Waals surface area contributed by atoms with E-state index in [-0.39, 0.29) is 13.1 Å². The highest BCUT2D eigenvalue weighted by Gasteiger charge is 2.36. The third kappa shape index (κ3) is 7.45. The Kier molecular flexibility index (Phi) is 8.38. The quantitative estimate of drug-likeness (QED) is 0.507. The molecule has 2 aromatic rings. The number of aliphatic hydroxyl groups excluding tert-OH is 1. The highest BCUT2D eigenvalue weighted by Crippen LogP contribution is 2.32. The van der Waals surface area contributed by atoms with Crippen molar-refractivity contribution in [2.24, 2.45) is 5.92 Å². The van der Waals surface area contributed by atoms with Crippen molar-refractivity contribution in [3.63, 3.8) is 0 Å². The molecule has 2 aliphatic heterocycles. The van der Waals surface area contributed by atoms with Gasteiger partial charge in [0.1, 0.15) is 5.82 Å². The first-order chi connectivity index (χ1) is 17.6. The van der Waals surface area contributed by atoms with Crippen LogP contribution in [0.2, 0.25) is 0 Å². The van der Waals surface area contributed by atoms with Gasteiger partial charge < -0.3 is 30.3 Å². The van der Waals surface area contributed by atoms with Gasteiger partial charge in [0.25, 0.3) is 0 Å². The van der Waals surface area contributed by atoms with Crippen molar-refractivity contribution in [1.82, 2.24) is 14.9 Å². The van der Waals surface area contributed by atoms with Gasteiger partial charge in [-0.25, -0.2) is 9.78 Å². The van der Waals surface area contributed by atoms with E-state index >= 15 is 0 Å². The average molecular weight is 523 g/mol. The van der Waals surface area contributed by atoms with Gasteiger partial charge >= 0.3 is 12.2 Å². The molecule has 0 saturated carbocycles. The topological polar surface area (TPSA) is 103 Å². The molecule has 0 spiro atoms. The molecule has 2 atom stereocenters. The Morgan fingerprint density at radius 1 is 1.22 bits per heavy atom. The number of urea groups is 1. The van der Waals surface area contributed by atoms with Crippen molar-refractivity contribution in [2.45, 2.75) is 39.0 Å². The Bertz CT molecular complexity index is 1090. The third-order valence-electron chi connectivity index (χ3n) is 6.46. The van der Waals surface area contributed by atoms with Crippen molar-refractivity contribution in [1.29, 1.82) is 0 Å². The molecule has 1 aromatic heterocycles. The van der Waals surface area contributed by atoms with E-state index in [1.54, 1.807) is 19.1 Å². The maximum absolute atomic E-state index is 12.8. The summed E-state index contributed by atoms with van der Waals surface area (Å²) in [6.45, 7) is 6.82. The number of carbonyl (C=O) groups excluding carboxylic acids is 1. The first kappa shape index (κ1) is 26.9. The summed E-state index contributed by atoms with van der Waals surface area (Å²) in [5, 5.41) is 15.6. The van der Waals surface area contributed by atoms with E-state index in [2.05, 4.69) is 25.5 Å². The molecule has 0 radical (unpaired) electrons. The van der Waals surface area contributed by atoms with Crippen LogP contribution in [0.5, 0.6) is 0 Å². The lowest BCUT2D eigenvalue weighted by Gasteiger charge is -2.28. The van der Waals surface area contributed by atoms with Crippen molar-refractivity contribution in [3.05, 3.63) is 29.8 Å². The van der Waals surface area contributed by atoms with E-state index in [1.807, 2.05) is 19.1 Å². The Morgan fingerprint density at radius 2 is 1.97 bits per heavy atom. The number of hydrogen-bond donors (Lipinski definition) is 3. The largest absolute Gasteiger partial charge is 0.392 e. The normalized spacial score (nSPS) is 19.1. The number of benzene rings is 1. The fourth-order valence-corrected chi connectivity index (χ4v) is 4.53. The van der Waals surface area contributed by atoms with Crippen LogP contribution in [0.1, 0.15) is 25.3 Å². The molecule has 2 saturated heterocycles. The second kappa shape index (κ2) is 11.5. The molecular weight excluding hydrogens is 489 g/mol. The SMILES string of the molecule is Cc1ccc(NC(=O)N2CC[C@@H](CC(F)(F)F)C2)cc1-c1cc(N2CCOCC2)nc(NC[C@@H](C)O)n1. The molecule has 0 aliphatic carbocycles. The number of anilines is 3. The van der Waals surface area contributed by atoms with E-state index in [0.717, 1.165) is 16.9 Å². The van der Waals surface area contributed by atoms with Gasteiger partial charge in [-0.15, -0.1) is 0 Å². The molecule has 3 N–H and O–H groups in total. The van der Waals surface area contributed by atoms with Crippen LogP contribution in [0.3, 0.4) is 0 Å². The van der Waals surface area contributed by atoms with Gasteiger partial charge in [0.15, 0.2) is 0 Å². The number of alkyl halides is 3. The first-order valence-electron chi connectivity index (χ1n) is 12.4. The minimum Gasteiger partial charge on any atom is -0.392 e. The molecule has 2 amide bonds. The molecule has 0 unspecified atom stereocenters. The van der Waals surface area contributed by atoms with Crippen LogP contribution in [-0.4, -0.2) is 84.2 Å². The summed E-state index contributed by atoms with van der Waals surface area (Å²) in [5.41, 5.74) is 2.88. The van der Waals surface area contributed by atoms with Gasteiger partial charge in [-0.3, -0.25) is 0 Å². The van der Waals surface area contributed by atoms with Crippen LogP contribution < -0.4 is 15.5 Å². The van der Waals surface area contributed by atoms with Crippen molar-refractivity contribution in [2.75, 3.05) is 61.5 Å².